The molecule has 4 heterocycles. The second-order valence-electron chi connectivity index (χ2n) is 9.44. The van der Waals surface area contributed by atoms with Crippen LogP contribution in [0.3, 0.4) is 0 Å². The van der Waals surface area contributed by atoms with E-state index in [1.807, 2.05) is 31.3 Å². The van der Waals surface area contributed by atoms with Crippen molar-refractivity contribution >= 4 is 22.6 Å². The van der Waals surface area contributed by atoms with Crippen molar-refractivity contribution in [1.29, 1.82) is 0 Å². The Labute approximate surface area is 197 Å². The van der Waals surface area contributed by atoms with Crippen LogP contribution in [0.1, 0.15) is 31.4 Å². The maximum absolute atomic E-state index is 13.2. The van der Waals surface area contributed by atoms with Gasteiger partial charge in [0, 0.05) is 25.3 Å². The Morgan fingerprint density at radius 3 is 2.67 bits per heavy atom. The van der Waals surface area contributed by atoms with E-state index < -0.39 is 5.60 Å². The van der Waals surface area contributed by atoms with Crippen LogP contribution in [0.4, 0.5) is 0 Å². The van der Waals surface area contributed by atoms with E-state index >= 15 is 0 Å². The number of aromatic nitrogens is 3. The molecule has 9 heteroatoms. The van der Waals surface area contributed by atoms with Gasteiger partial charge in [0.05, 0.1) is 36.3 Å². The lowest BCUT2D eigenvalue weighted by Gasteiger charge is -2.36. The van der Waals surface area contributed by atoms with E-state index in [2.05, 4.69) is 22.1 Å². The van der Waals surface area contributed by atoms with Crippen LogP contribution in [0.15, 0.2) is 41.5 Å². The van der Waals surface area contributed by atoms with Gasteiger partial charge in [0.1, 0.15) is 11.5 Å². The van der Waals surface area contributed by atoms with Crippen molar-refractivity contribution in [3.05, 3.63) is 57.7 Å². The highest BCUT2D eigenvalue weighted by Crippen LogP contribution is 2.27. The number of hydrogen-bond donors (Lipinski definition) is 2. The van der Waals surface area contributed by atoms with Crippen LogP contribution in [0.5, 0.6) is 0 Å². The molecule has 2 N–H and O–H groups in total. The minimum Gasteiger partial charge on any atom is -0.388 e. The molecule has 33 heavy (non-hydrogen) atoms. The van der Waals surface area contributed by atoms with Crippen molar-refractivity contribution in [2.45, 2.75) is 44.1 Å². The summed E-state index contributed by atoms with van der Waals surface area (Å²) in [6.07, 6.45) is 3.00. The molecule has 3 aromatic rings. The van der Waals surface area contributed by atoms with Crippen molar-refractivity contribution < 1.29 is 9.84 Å². The fourth-order valence-electron chi connectivity index (χ4n) is 4.71. The van der Waals surface area contributed by atoms with Gasteiger partial charge in [-0.2, -0.15) is 0 Å². The molecule has 2 fully saturated rings. The van der Waals surface area contributed by atoms with E-state index in [0.717, 1.165) is 30.9 Å². The molecule has 2 aliphatic heterocycles. The topological polar surface area (TPSA) is 84.5 Å². The minimum absolute atomic E-state index is 0.155. The number of ether oxygens (including phenoxy) is 1. The molecule has 2 aromatic heterocycles. The Hall–Kier alpha value is -2.23. The maximum atomic E-state index is 13.2. The van der Waals surface area contributed by atoms with Crippen LogP contribution < -0.4 is 10.9 Å². The summed E-state index contributed by atoms with van der Waals surface area (Å²) in [6.45, 7) is 5.36. The quantitative estimate of drug-likeness (QED) is 0.607. The number of piperidine rings is 1. The summed E-state index contributed by atoms with van der Waals surface area (Å²) in [5, 5.41) is 15.3. The lowest BCUT2D eigenvalue weighted by molar-refractivity contribution is -0.0298. The first-order valence-corrected chi connectivity index (χ1v) is 11.8. The fourth-order valence-corrected chi connectivity index (χ4v) is 5.00. The van der Waals surface area contributed by atoms with E-state index in [-0.39, 0.29) is 24.2 Å². The van der Waals surface area contributed by atoms with Crippen LogP contribution in [0, 0.1) is 0 Å². The normalized spacial score (nSPS) is 23.8. The number of aliphatic hydroxyl groups is 1. The Morgan fingerprint density at radius 1 is 1.27 bits per heavy atom. The Bertz CT molecular complexity index is 1190. The molecule has 1 aromatic carbocycles. The van der Waals surface area contributed by atoms with Gasteiger partial charge in [-0.25, -0.2) is 4.98 Å². The molecule has 176 valence electrons. The van der Waals surface area contributed by atoms with Crippen LogP contribution in [-0.4, -0.2) is 69.1 Å². The summed E-state index contributed by atoms with van der Waals surface area (Å²) in [7, 11) is 2.04. The molecule has 0 spiro atoms. The number of hydrogen-bond acceptors (Lipinski definition) is 6. The maximum Gasteiger partial charge on any atom is 0.262 e. The zero-order valence-corrected chi connectivity index (χ0v) is 19.8. The predicted molar refractivity (Wildman–Crippen MR) is 128 cm³/mol. The predicted octanol–water partition coefficient (Wildman–Crippen LogP) is 2.35. The largest absolute Gasteiger partial charge is 0.388 e. The van der Waals surface area contributed by atoms with Gasteiger partial charge in [-0.05, 0) is 50.6 Å². The molecule has 0 aliphatic carbocycles. The van der Waals surface area contributed by atoms with Gasteiger partial charge >= 0.3 is 0 Å². The molecule has 2 unspecified atom stereocenters. The minimum atomic E-state index is -0.900. The molecule has 2 saturated heterocycles. The number of fused-ring (bicyclic) bond motifs is 1. The number of morpholine rings is 1. The summed E-state index contributed by atoms with van der Waals surface area (Å²) >= 11 is 6.55. The van der Waals surface area contributed by atoms with Gasteiger partial charge in [-0.15, -0.1) is 0 Å². The highest BCUT2D eigenvalue weighted by atomic mass is 35.5. The molecule has 0 amide bonds. The smallest absolute Gasteiger partial charge is 0.262 e. The third-order valence-corrected chi connectivity index (χ3v) is 7.15. The Morgan fingerprint density at radius 2 is 2.00 bits per heavy atom. The van der Waals surface area contributed by atoms with E-state index in [1.165, 1.54) is 10.9 Å². The summed E-state index contributed by atoms with van der Waals surface area (Å²) in [5.41, 5.74) is 1.39. The third-order valence-electron chi connectivity index (χ3n) is 6.88. The van der Waals surface area contributed by atoms with Crippen molar-refractivity contribution in [3.63, 3.8) is 0 Å². The zero-order chi connectivity index (χ0) is 23.2. The average molecular weight is 472 g/mol. The molecule has 0 saturated carbocycles. The van der Waals surface area contributed by atoms with Crippen molar-refractivity contribution in [2.75, 3.05) is 33.3 Å². The van der Waals surface area contributed by atoms with Crippen LogP contribution in [0.2, 0.25) is 5.15 Å². The van der Waals surface area contributed by atoms with E-state index in [1.54, 1.807) is 10.6 Å². The molecular formula is C24H30ClN5O3. The van der Waals surface area contributed by atoms with Crippen molar-refractivity contribution in [3.8, 4) is 5.69 Å². The van der Waals surface area contributed by atoms with Crippen LogP contribution >= 0.6 is 11.6 Å². The van der Waals surface area contributed by atoms with E-state index in [9.17, 15) is 9.90 Å². The van der Waals surface area contributed by atoms with Crippen molar-refractivity contribution in [2.24, 2.45) is 0 Å². The van der Waals surface area contributed by atoms with Gasteiger partial charge in [0.15, 0.2) is 5.65 Å². The first-order chi connectivity index (χ1) is 15.8. The summed E-state index contributed by atoms with van der Waals surface area (Å²) in [6, 6.07) is 9.87. The third kappa shape index (κ3) is 4.46. The number of rotatable bonds is 4. The Kier molecular flexibility index (Phi) is 6.05. The highest BCUT2D eigenvalue weighted by Gasteiger charge is 2.32. The number of nitrogens with zero attached hydrogens (tertiary/aromatic N) is 4. The van der Waals surface area contributed by atoms with Gasteiger partial charge in [-0.3, -0.25) is 13.9 Å². The molecule has 5 rings (SSSR count). The molecule has 2 atom stereocenters. The van der Waals surface area contributed by atoms with Gasteiger partial charge in [0.25, 0.3) is 5.56 Å². The number of benzene rings is 1. The van der Waals surface area contributed by atoms with E-state index in [4.69, 9.17) is 16.3 Å². The van der Waals surface area contributed by atoms with Gasteiger partial charge < -0.3 is 20.1 Å². The zero-order valence-electron chi connectivity index (χ0n) is 19.0. The molecule has 8 nitrogen and oxygen atoms in total. The average Bonchev–Trinajstić information content (AvgIpc) is 3.15. The summed E-state index contributed by atoms with van der Waals surface area (Å²) in [5.74, 6) is 0. The monoisotopic (exact) mass is 471 g/mol. The first kappa shape index (κ1) is 22.6. The number of halogens is 1. The lowest BCUT2D eigenvalue weighted by Crippen LogP contribution is -2.46. The summed E-state index contributed by atoms with van der Waals surface area (Å²) < 4.78 is 9.05. The molecule has 0 radical (unpaired) electrons. The summed E-state index contributed by atoms with van der Waals surface area (Å²) in [4.78, 5) is 19.9. The highest BCUT2D eigenvalue weighted by molar-refractivity contribution is 6.31. The molecular weight excluding hydrogens is 442 g/mol. The van der Waals surface area contributed by atoms with Gasteiger partial charge in [-0.1, -0.05) is 23.7 Å². The number of nitrogens with one attached hydrogen (secondary N) is 1. The first-order valence-electron chi connectivity index (χ1n) is 11.5. The Balaban J connectivity index is 1.42. The lowest BCUT2D eigenvalue weighted by atomic mass is 9.91. The number of likely N-dealkylation sites (tertiary alicyclic amines) is 1. The van der Waals surface area contributed by atoms with Crippen molar-refractivity contribution in [1.82, 2.24) is 24.3 Å². The second kappa shape index (κ2) is 8.85. The standard InChI is InChI=1S/C24H30ClN5O3/c1-16-12-26-20(13-33-16)17-3-5-18(6-4-17)30-21(25)11-19-22(30)27-15-29(23(19)31)14-24(32)7-9-28(2)10-8-24/h3-6,11,15-16,20,26,32H,7-10,12-14H2,1-2H3. The van der Waals surface area contributed by atoms with Gasteiger partial charge in [0.2, 0.25) is 0 Å². The molecule has 2 aliphatic rings. The SMILES string of the molecule is CC1CNC(c2ccc(-n3c(Cl)cc4c(=O)n(CC5(O)CCN(C)CC5)cnc43)cc2)CO1. The second-order valence-corrected chi connectivity index (χ2v) is 9.83. The van der Waals surface area contributed by atoms with Crippen LogP contribution in [-0.2, 0) is 11.3 Å². The fraction of sp³-hybridized carbons (Fsp3) is 0.500. The van der Waals surface area contributed by atoms with Crippen LogP contribution in [0.25, 0.3) is 16.7 Å². The van der Waals surface area contributed by atoms with E-state index in [0.29, 0.717) is 35.6 Å². The molecule has 0 bridgehead atoms.